The van der Waals surface area contributed by atoms with Crippen LogP contribution in [0.1, 0.15) is 25.2 Å². The van der Waals surface area contributed by atoms with E-state index in [1.807, 2.05) is 18.7 Å². The number of benzene rings is 1. The van der Waals surface area contributed by atoms with E-state index < -0.39 is 5.41 Å². The Bertz CT molecular complexity index is 778. The molecule has 0 bridgehead atoms. The molecule has 1 saturated heterocycles. The third-order valence-corrected chi connectivity index (χ3v) is 4.40. The van der Waals surface area contributed by atoms with Crippen molar-refractivity contribution in [1.82, 2.24) is 15.0 Å². The lowest BCUT2D eigenvalue weighted by atomic mass is 9.85. The minimum Gasteiger partial charge on any atom is -0.494 e. The summed E-state index contributed by atoms with van der Waals surface area (Å²) in [5.41, 5.74) is 6.45. The zero-order chi connectivity index (χ0) is 18.7. The second-order valence-corrected chi connectivity index (χ2v) is 6.95. The van der Waals surface area contributed by atoms with E-state index in [-0.39, 0.29) is 17.5 Å². The first kappa shape index (κ1) is 18.3. The number of nitrogens with two attached hydrogens (primary N) is 1. The molecule has 1 aliphatic heterocycles. The fourth-order valence-corrected chi connectivity index (χ4v) is 2.99. The second kappa shape index (κ2) is 7.41. The van der Waals surface area contributed by atoms with E-state index >= 15 is 0 Å². The normalized spacial score (nSPS) is 15.2. The van der Waals surface area contributed by atoms with Gasteiger partial charge in [-0.15, -0.1) is 0 Å². The van der Waals surface area contributed by atoms with Crippen molar-refractivity contribution in [3.05, 3.63) is 35.4 Å². The summed E-state index contributed by atoms with van der Waals surface area (Å²) >= 11 is 0. The van der Waals surface area contributed by atoms with E-state index in [9.17, 15) is 4.39 Å². The molecule has 0 atom stereocenters. The maximum Gasteiger partial charge on any atom is 0.230 e. The van der Waals surface area contributed by atoms with Gasteiger partial charge in [0.05, 0.1) is 20.3 Å². The third kappa shape index (κ3) is 4.01. The molecule has 1 aliphatic rings. The number of hydrogen-bond acceptors (Lipinski definition) is 7. The third-order valence-electron chi connectivity index (χ3n) is 4.40. The van der Waals surface area contributed by atoms with E-state index in [1.54, 1.807) is 12.1 Å². The van der Waals surface area contributed by atoms with E-state index in [1.165, 1.54) is 13.2 Å². The van der Waals surface area contributed by atoms with Gasteiger partial charge < -0.3 is 20.1 Å². The molecular weight excluding hydrogens is 337 g/mol. The Hall–Kier alpha value is -2.48. The largest absolute Gasteiger partial charge is 0.494 e. The van der Waals surface area contributed by atoms with E-state index in [0.717, 1.165) is 18.7 Å². The Morgan fingerprint density at radius 2 is 1.96 bits per heavy atom. The van der Waals surface area contributed by atoms with Crippen LogP contribution in [-0.4, -0.2) is 48.4 Å². The molecule has 26 heavy (non-hydrogen) atoms. The van der Waals surface area contributed by atoms with Crippen molar-refractivity contribution in [3.63, 3.8) is 0 Å². The van der Waals surface area contributed by atoms with Gasteiger partial charge in [-0.3, -0.25) is 0 Å². The average molecular weight is 361 g/mol. The summed E-state index contributed by atoms with van der Waals surface area (Å²) in [7, 11) is 1.45. The summed E-state index contributed by atoms with van der Waals surface area (Å²) < 4.78 is 24.1. The highest BCUT2D eigenvalue weighted by Crippen LogP contribution is 2.29. The smallest absolute Gasteiger partial charge is 0.230 e. The van der Waals surface area contributed by atoms with Crippen molar-refractivity contribution < 1.29 is 13.9 Å². The molecule has 1 aromatic heterocycles. The van der Waals surface area contributed by atoms with Crippen molar-refractivity contribution >= 4 is 11.9 Å². The van der Waals surface area contributed by atoms with E-state index in [2.05, 4.69) is 15.0 Å². The van der Waals surface area contributed by atoms with E-state index in [0.29, 0.717) is 31.4 Å². The molecule has 2 N–H and O–H groups in total. The lowest BCUT2D eigenvalue weighted by Crippen LogP contribution is -2.38. The molecule has 8 heteroatoms. The number of morpholine rings is 1. The topological polar surface area (TPSA) is 86.4 Å². The molecule has 2 heterocycles. The average Bonchev–Trinajstić information content (AvgIpc) is 2.63. The quantitative estimate of drug-likeness (QED) is 0.871. The fraction of sp³-hybridized carbons (Fsp3) is 0.500. The van der Waals surface area contributed by atoms with Crippen LogP contribution < -0.4 is 15.4 Å². The number of aromatic nitrogens is 3. The van der Waals surface area contributed by atoms with Crippen LogP contribution in [-0.2, 0) is 16.6 Å². The molecular formula is C18H24FN5O2. The molecule has 1 aromatic carbocycles. The molecule has 0 spiro atoms. The number of anilines is 2. The number of ether oxygens (including phenoxy) is 2. The highest BCUT2D eigenvalue weighted by Gasteiger charge is 2.27. The summed E-state index contributed by atoms with van der Waals surface area (Å²) in [5.74, 6) is 1.21. The zero-order valence-corrected chi connectivity index (χ0v) is 15.3. The Labute approximate surface area is 152 Å². The predicted octanol–water partition coefficient (Wildman–Crippen LogP) is 1.96. The summed E-state index contributed by atoms with van der Waals surface area (Å²) in [6, 6.07) is 4.85. The number of nitrogens with zero attached hydrogens (tertiary/aromatic N) is 4. The van der Waals surface area contributed by atoms with Crippen LogP contribution in [0.15, 0.2) is 18.2 Å². The zero-order valence-electron chi connectivity index (χ0n) is 15.3. The lowest BCUT2D eigenvalue weighted by molar-refractivity contribution is 0.122. The Balaban J connectivity index is 1.87. The molecule has 3 rings (SSSR count). The van der Waals surface area contributed by atoms with Gasteiger partial charge in [0, 0.05) is 18.5 Å². The number of halogens is 1. The van der Waals surface area contributed by atoms with Gasteiger partial charge in [0.15, 0.2) is 11.6 Å². The first-order valence-electron chi connectivity index (χ1n) is 8.56. The molecule has 0 radical (unpaired) electrons. The van der Waals surface area contributed by atoms with Crippen LogP contribution in [0.3, 0.4) is 0 Å². The molecule has 0 amide bonds. The molecule has 0 saturated carbocycles. The van der Waals surface area contributed by atoms with Gasteiger partial charge in [-0.05, 0) is 24.1 Å². The van der Waals surface area contributed by atoms with Crippen molar-refractivity contribution in [3.8, 4) is 5.75 Å². The first-order valence-corrected chi connectivity index (χ1v) is 8.56. The van der Waals surface area contributed by atoms with Gasteiger partial charge in [-0.2, -0.15) is 15.0 Å². The van der Waals surface area contributed by atoms with Crippen LogP contribution in [0.2, 0.25) is 0 Å². The van der Waals surface area contributed by atoms with Crippen LogP contribution in [0, 0.1) is 5.82 Å². The summed E-state index contributed by atoms with van der Waals surface area (Å²) in [5, 5.41) is 0. The Kier molecular flexibility index (Phi) is 5.22. The van der Waals surface area contributed by atoms with Crippen molar-refractivity contribution in [2.75, 3.05) is 44.0 Å². The van der Waals surface area contributed by atoms with Gasteiger partial charge in [-0.1, -0.05) is 19.9 Å². The van der Waals surface area contributed by atoms with Gasteiger partial charge in [0.1, 0.15) is 5.82 Å². The van der Waals surface area contributed by atoms with Gasteiger partial charge >= 0.3 is 0 Å². The van der Waals surface area contributed by atoms with Crippen LogP contribution >= 0.6 is 0 Å². The Morgan fingerprint density at radius 1 is 1.23 bits per heavy atom. The van der Waals surface area contributed by atoms with Crippen molar-refractivity contribution in [1.29, 1.82) is 0 Å². The minimum atomic E-state index is -0.416. The van der Waals surface area contributed by atoms with E-state index in [4.69, 9.17) is 15.2 Å². The molecule has 140 valence electrons. The van der Waals surface area contributed by atoms with Crippen LogP contribution in [0.5, 0.6) is 5.75 Å². The SMILES string of the molecule is COc1cc(CC(C)(C)c2nc(N)nc(N3CCOCC3)n2)ccc1F. The van der Waals surface area contributed by atoms with Crippen molar-refractivity contribution in [2.45, 2.75) is 25.7 Å². The lowest BCUT2D eigenvalue weighted by Gasteiger charge is -2.29. The van der Waals surface area contributed by atoms with Crippen LogP contribution in [0.4, 0.5) is 16.3 Å². The molecule has 7 nitrogen and oxygen atoms in total. The summed E-state index contributed by atoms with van der Waals surface area (Å²) in [6.45, 7) is 6.78. The number of methoxy groups -OCH3 is 1. The molecule has 0 unspecified atom stereocenters. The minimum absolute atomic E-state index is 0.196. The maximum absolute atomic E-state index is 13.6. The van der Waals surface area contributed by atoms with Gasteiger partial charge in [0.25, 0.3) is 0 Å². The van der Waals surface area contributed by atoms with Gasteiger partial charge in [-0.25, -0.2) is 4.39 Å². The summed E-state index contributed by atoms with van der Waals surface area (Å²) in [4.78, 5) is 15.3. The molecule has 0 aliphatic carbocycles. The fourth-order valence-electron chi connectivity index (χ4n) is 2.99. The highest BCUT2D eigenvalue weighted by molar-refractivity contribution is 5.37. The number of hydrogen-bond donors (Lipinski definition) is 1. The second-order valence-electron chi connectivity index (χ2n) is 6.95. The Morgan fingerprint density at radius 3 is 2.65 bits per heavy atom. The maximum atomic E-state index is 13.6. The van der Waals surface area contributed by atoms with Crippen LogP contribution in [0.25, 0.3) is 0 Å². The van der Waals surface area contributed by atoms with Crippen molar-refractivity contribution in [2.24, 2.45) is 0 Å². The standard InChI is InChI=1S/C18H24FN5O2/c1-18(2,11-12-4-5-13(19)14(10-12)25-3)15-21-16(20)23-17(22-15)24-6-8-26-9-7-24/h4-5,10H,6-9,11H2,1-3H3,(H2,20,21,22,23). The summed E-state index contributed by atoms with van der Waals surface area (Å²) in [6.07, 6.45) is 0.607. The number of nitrogen functional groups attached to an aromatic ring is 1. The predicted molar refractivity (Wildman–Crippen MR) is 97.0 cm³/mol. The monoisotopic (exact) mass is 361 g/mol. The molecule has 2 aromatic rings. The highest BCUT2D eigenvalue weighted by atomic mass is 19.1. The first-order chi connectivity index (χ1) is 12.4. The molecule has 1 fully saturated rings. The number of rotatable bonds is 5. The van der Waals surface area contributed by atoms with Gasteiger partial charge in [0.2, 0.25) is 11.9 Å².